The molecule has 1 heterocycles. The standard InChI is InChI=1S/C19H32N4O2S2/c1-2-12-25-16-10-8-15(9-11-16)23(14-6-4-3-5-7-14)19(24)22-18-21-13-17(26-18)27-20/h13-16H,2-12,20H2,1H3,(H,21,22,24)/t15-,16-. The Bertz CT molecular complexity index is 584. The number of ether oxygens (including phenoxy) is 1. The quantitative estimate of drug-likeness (QED) is 0.615. The summed E-state index contributed by atoms with van der Waals surface area (Å²) in [6, 6.07) is 0.654. The van der Waals surface area contributed by atoms with Crippen molar-refractivity contribution in [2.45, 2.75) is 93.5 Å². The molecule has 8 heteroatoms. The Labute approximate surface area is 170 Å². The van der Waals surface area contributed by atoms with Crippen LogP contribution in [0.25, 0.3) is 0 Å². The van der Waals surface area contributed by atoms with E-state index in [9.17, 15) is 4.79 Å². The molecule has 2 aliphatic rings. The summed E-state index contributed by atoms with van der Waals surface area (Å²) in [6.45, 7) is 2.99. The van der Waals surface area contributed by atoms with Crippen LogP contribution in [0.3, 0.4) is 0 Å². The highest BCUT2D eigenvalue weighted by Gasteiger charge is 2.34. The van der Waals surface area contributed by atoms with E-state index in [0.29, 0.717) is 23.3 Å². The van der Waals surface area contributed by atoms with Crippen LogP contribution in [-0.2, 0) is 4.74 Å². The smallest absolute Gasteiger partial charge is 0.324 e. The van der Waals surface area contributed by atoms with Gasteiger partial charge >= 0.3 is 6.03 Å². The van der Waals surface area contributed by atoms with Crippen LogP contribution in [0.15, 0.2) is 10.4 Å². The highest BCUT2D eigenvalue weighted by atomic mass is 32.2. The van der Waals surface area contributed by atoms with Crippen LogP contribution >= 0.6 is 23.3 Å². The van der Waals surface area contributed by atoms with E-state index in [1.54, 1.807) is 6.20 Å². The number of amides is 2. The summed E-state index contributed by atoms with van der Waals surface area (Å²) < 4.78 is 6.84. The summed E-state index contributed by atoms with van der Waals surface area (Å²) in [4.78, 5) is 19.6. The molecule has 2 aliphatic carbocycles. The molecule has 6 nitrogen and oxygen atoms in total. The number of nitrogens with zero attached hydrogens (tertiary/aromatic N) is 2. The number of carbonyl (C=O) groups excluding carboxylic acids is 1. The second kappa shape index (κ2) is 10.6. The lowest BCUT2D eigenvalue weighted by molar-refractivity contribution is 0.00648. The van der Waals surface area contributed by atoms with Crippen LogP contribution < -0.4 is 10.5 Å². The summed E-state index contributed by atoms with van der Waals surface area (Å²) in [6.07, 6.45) is 13.2. The predicted molar refractivity (Wildman–Crippen MR) is 112 cm³/mol. The molecular weight excluding hydrogens is 380 g/mol. The first kappa shape index (κ1) is 20.9. The highest BCUT2D eigenvalue weighted by Crippen LogP contribution is 2.32. The van der Waals surface area contributed by atoms with E-state index in [-0.39, 0.29) is 6.03 Å². The lowest BCUT2D eigenvalue weighted by atomic mass is 9.88. The van der Waals surface area contributed by atoms with Crippen LogP contribution in [0.1, 0.15) is 71.1 Å². The van der Waals surface area contributed by atoms with E-state index in [1.165, 1.54) is 42.5 Å². The summed E-state index contributed by atoms with van der Waals surface area (Å²) in [7, 11) is 0. The van der Waals surface area contributed by atoms with Gasteiger partial charge in [0, 0.05) is 18.7 Å². The number of thiazole rings is 1. The third kappa shape index (κ3) is 5.82. The molecule has 1 aromatic heterocycles. The minimum Gasteiger partial charge on any atom is -0.378 e. The van der Waals surface area contributed by atoms with Crippen molar-refractivity contribution in [2.24, 2.45) is 5.14 Å². The van der Waals surface area contributed by atoms with E-state index in [4.69, 9.17) is 9.88 Å². The Morgan fingerprint density at radius 3 is 2.59 bits per heavy atom. The third-order valence-corrected chi connectivity index (χ3v) is 7.20. The molecule has 1 aromatic rings. The molecule has 0 atom stereocenters. The molecule has 0 radical (unpaired) electrons. The zero-order chi connectivity index (χ0) is 19.1. The number of hydrogen-bond donors (Lipinski definition) is 2. The minimum atomic E-state index is 0.00254. The summed E-state index contributed by atoms with van der Waals surface area (Å²) in [5.41, 5.74) is 0. The summed E-state index contributed by atoms with van der Waals surface area (Å²) in [5.74, 6) is 0. The van der Waals surface area contributed by atoms with Crippen LogP contribution in [0.5, 0.6) is 0 Å². The second-order valence-corrected chi connectivity index (χ2v) is 9.50. The summed E-state index contributed by atoms with van der Waals surface area (Å²) >= 11 is 2.59. The third-order valence-electron chi connectivity index (χ3n) is 5.61. The SMILES string of the molecule is CCCO[C@H]1CC[C@H](N(C(=O)Nc2ncc(SN)s2)C2CCCCC2)CC1. The molecule has 0 saturated heterocycles. The molecule has 0 bridgehead atoms. The van der Waals surface area contributed by atoms with Crippen LogP contribution in [0.2, 0.25) is 0 Å². The normalized spacial score (nSPS) is 23.9. The van der Waals surface area contributed by atoms with Crippen LogP contribution in [0.4, 0.5) is 9.93 Å². The molecule has 0 aromatic carbocycles. The molecule has 27 heavy (non-hydrogen) atoms. The average molecular weight is 413 g/mol. The Kier molecular flexibility index (Phi) is 8.24. The van der Waals surface area contributed by atoms with Crippen molar-refractivity contribution < 1.29 is 9.53 Å². The molecule has 152 valence electrons. The Hall–Kier alpha value is -0.830. The average Bonchev–Trinajstić information content (AvgIpc) is 3.16. The topological polar surface area (TPSA) is 80.5 Å². The zero-order valence-corrected chi connectivity index (χ0v) is 17.8. The van der Waals surface area contributed by atoms with Gasteiger partial charge in [0.05, 0.1) is 16.5 Å². The first-order chi connectivity index (χ1) is 13.2. The number of aromatic nitrogens is 1. The molecular formula is C19H32N4O2S2. The van der Waals surface area contributed by atoms with Gasteiger partial charge < -0.3 is 9.64 Å². The number of anilines is 1. The van der Waals surface area contributed by atoms with Crippen molar-refractivity contribution in [1.29, 1.82) is 0 Å². The molecule has 2 fully saturated rings. The number of nitrogens with one attached hydrogen (secondary N) is 1. The maximum absolute atomic E-state index is 13.2. The van der Waals surface area contributed by atoms with E-state index in [0.717, 1.165) is 55.8 Å². The molecule has 2 saturated carbocycles. The van der Waals surface area contributed by atoms with Crippen LogP contribution in [-0.4, -0.2) is 40.7 Å². The number of nitrogens with two attached hydrogens (primary N) is 1. The van der Waals surface area contributed by atoms with Gasteiger partial charge in [-0.3, -0.25) is 10.5 Å². The van der Waals surface area contributed by atoms with Crippen LogP contribution in [0, 0.1) is 0 Å². The maximum Gasteiger partial charge on any atom is 0.324 e. The second-order valence-electron chi connectivity index (χ2n) is 7.53. The van der Waals surface area contributed by atoms with Gasteiger partial charge in [0.2, 0.25) is 0 Å². The Balaban J connectivity index is 1.64. The number of urea groups is 1. The van der Waals surface area contributed by atoms with Crippen molar-refractivity contribution >= 4 is 34.4 Å². The monoisotopic (exact) mass is 412 g/mol. The van der Waals surface area contributed by atoms with E-state index < -0.39 is 0 Å². The lowest BCUT2D eigenvalue weighted by Gasteiger charge is -2.42. The number of carbonyl (C=O) groups is 1. The van der Waals surface area contributed by atoms with Gasteiger partial charge in [-0.15, -0.1) is 0 Å². The van der Waals surface area contributed by atoms with Gasteiger partial charge in [-0.25, -0.2) is 9.78 Å². The van der Waals surface area contributed by atoms with Gasteiger partial charge in [0.25, 0.3) is 0 Å². The number of hydrogen-bond acceptors (Lipinski definition) is 6. The van der Waals surface area contributed by atoms with Gasteiger partial charge in [-0.1, -0.05) is 37.5 Å². The van der Waals surface area contributed by atoms with Crippen molar-refractivity contribution in [2.75, 3.05) is 11.9 Å². The van der Waals surface area contributed by atoms with Crippen molar-refractivity contribution in [3.63, 3.8) is 0 Å². The first-order valence-corrected chi connectivity index (χ1v) is 11.9. The van der Waals surface area contributed by atoms with Crippen molar-refractivity contribution in [3.05, 3.63) is 6.20 Å². The maximum atomic E-state index is 13.2. The molecule has 3 rings (SSSR count). The fraction of sp³-hybridized carbons (Fsp3) is 0.789. The van der Waals surface area contributed by atoms with Crippen molar-refractivity contribution in [3.8, 4) is 0 Å². The summed E-state index contributed by atoms with van der Waals surface area (Å²) in [5, 5.41) is 9.25. The predicted octanol–water partition coefficient (Wildman–Crippen LogP) is 5.01. The Morgan fingerprint density at radius 1 is 1.26 bits per heavy atom. The zero-order valence-electron chi connectivity index (χ0n) is 16.2. The van der Waals surface area contributed by atoms with Gasteiger partial charge in [0.15, 0.2) is 5.13 Å². The van der Waals surface area contributed by atoms with Gasteiger partial charge in [-0.05, 0) is 56.9 Å². The fourth-order valence-electron chi connectivity index (χ4n) is 4.29. The molecule has 2 amide bonds. The van der Waals surface area contributed by atoms with E-state index in [1.807, 2.05) is 0 Å². The minimum absolute atomic E-state index is 0.00254. The molecule has 3 N–H and O–H groups in total. The Morgan fingerprint density at radius 2 is 1.96 bits per heavy atom. The first-order valence-electron chi connectivity index (χ1n) is 10.2. The molecule has 0 unspecified atom stereocenters. The van der Waals surface area contributed by atoms with Crippen molar-refractivity contribution in [1.82, 2.24) is 9.88 Å². The largest absolute Gasteiger partial charge is 0.378 e. The lowest BCUT2D eigenvalue weighted by Crippen LogP contribution is -2.51. The van der Waals surface area contributed by atoms with Gasteiger partial charge in [-0.2, -0.15) is 0 Å². The van der Waals surface area contributed by atoms with Gasteiger partial charge in [0.1, 0.15) is 0 Å². The number of rotatable bonds is 7. The molecule has 0 spiro atoms. The molecule has 0 aliphatic heterocycles. The van der Waals surface area contributed by atoms with E-state index >= 15 is 0 Å². The fourth-order valence-corrected chi connectivity index (χ4v) is 5.37. The van der Waals surface area contributed by atoms with E-state index in [2.05, 4.69) is 22.1 Å². The highest BCUT2D eigenvalue weighted by molar-refractivity contribution is 7.99.